The third-order valence-corrected chi connectivity index (χ3v) is 1.78. The summed E-state index contributed by atoms with van der Waals surface area (Å²) in [5.74, 6) is -0.543. The normalized spacial score (nSPS) is 11.9. The number of rotatable bonds is 7. The van der Waals surface area contributed by atoms with Gasteiger partial charge in [0, 0.05) is 12.5 Å². The Labute approximate surface area is 90.6 Å². The molecule has 0 radical (unpaired) electrons. The molecule has 0 heterocycles. The molecule has 0 spiro atoms. The first-order valence-corrected chi connectivity index (χ1v) is 5.25. The molecule has 1 unspecified atom stereocenters. The maximum absolute atomic E-state index is 11.3. The highest BCUT2D eigenvalue weighted by atomic mass is 16.5. The fourth-order valence-corrected chi connectivity index (χ4v) is 1.15. The van der Waals surface area contributed by atoms with E-state index in [2.05, 4.69) is 15.4 Å². The Kier molecular flexibility index (Phi) is 7.62. The molecular weight excluding hydrogens is 196 g/mol. The van der Waals surface area contributed by atoms with Crippen molar-refractivity contribution in [2.24, 2.45) is 0 Å². The van der Waals surface area contributed by atoms with E-state index in [1.807, 2.05) is 13.8 Å². The summed E-state index contributed by atoms with van der Waals surface area (Å²) in [5, 5.41) is 5.62. The van der Waals surface area contributed by atoms with Crippen molar-refractivity contribution in [3.05, 3.63) is 0 Å². The van der Waals surface area contributed by atoms with Gasteiger partial charge in [0.1, 0.15) is 6.54 Å². The Bertz CT molecular complexity index is 207. The predicted molar refractivity (Wildman–Crippen MR) is 57.4 cm³/mol. The molecule has 0 aromatic heterocycles. The number of amides is 1. The second-order valence-corrected chi connectivity index (χ2v) is 3.24. The summed E-state index contributed by atoms with van der Waals surface area (Å²) >= 11 is 0. The molecule has 0 rings (SSSR count). The monoisotopic (exact) mass is 216 g/mol. The van der Waals surface area contributed by atoms with E-state index in [9.17, 15) is 9.59 Å². The van der Waals surface area contributed by atoms with Gasteiger partial charge < -0.3 is 15.4 Å². The third kappa shape index (κ3) is 7.93. The molecule has 15 heavy (non-hydrogen) atoms. The van der Waals surface area contributed by atoms with Crippen LogP contribution in [0.15, 0.2) is 0 Å². The van der Waals surface area contributed by atoms with Crippen molar-refractivity contribution in [2.45, 2.75) is 33.2 Å². The first-order chi connectivity index (χ1) is 7.10. The zero-order chi connectivity index (χ0) is 11.7. The Morgan fingerprint density at radius 1 is 1.33 bits per heavy atom. The highest BCUT2D eigenvalue weighted by Gasteiger charge is 2.09. The minimum Gasteiger partial charge on any atom is -0.465 e. The summed E-state index contributed by atoms with van der Waals surface area (Å²) in [6.07, 6.45) is 0.368. The molecule has 2 N–H and O–H groups in total. The van der Waals surface area contributed by atoms with Crippen LogP contribution in [0.1, 0.15) is 27.2 Å². The van der Waals surface area contributed by atoms with Crippen LogP contribution < -0.4 is 10.6 Å². The highest BCUT2D eigenvalue weighted by molar-refractivity contribution is 5.82. The largest absolute Gasteiger partial charge is 0.465 e. The molecule has 0 aliphatic heterocycles. The summed E-state index contributed by atoms with van der Waals surface area (Å²) in [6, 6.07) is 0.122. The second kappa shape index (κ2) is 8.23. The molecule has 0 aliphatic rings. The number of nitrogens with one attached hydrogen (secondary N) is 2. The minimum atomic E-state index is -0.401. The molecule has 5 heteroatoms. The lowest BCUT2D eigenvalue weighted by Crippen LogP contribution is -2.36. The van der Waals surface area contributed by atoms with Gasteiger partial charge in [0.2, 0.25) is 5.91 Å². The molecule has 1 atom stereocenters. The number of hydrogen-bond donors (Lipinski definition) is 2. The molecule has 5 nitrogen and oxygen atoms in total. The van der Waals surface area contributed by atoms with E-state index in [-0.39, 0.29) is 18.5 Å². The van der Waals surface area contributed by atoms with E-state index in [0.29, 0.717) is 13.0 Å². The van der Waals surface area contributed by atoms with E-state index in [1.165, 1.54) is 0 Å². The Morgan fingerprint density at radius 2 is 2.00 bits per heavy atom. The van der Waals surface area contributed by atoms with Crippen molar-refractivity contribution in [3.63, 3.8) is 0 Å². The molecule has 0 aliphatic carbocycles. The molecule has 0 saturated carbocycles. The average Bonchev–Trinajstić information content (AvgIpc) is 2.15. The van der Waals surface area contributed by atoms with E-state index in [4.69, 9.17) is 0 Å². The van der Waals surface area contributed by atoms with Gasteiger partial charge in [-0.05, 0) is 20.4 Å². The predicted octanol–water partition coefficient (Wildman–Crippen LogP) is 0.0538. The molecule has 0 aromatic carbocycles. The number of hydrogen-bond acceptors (Lipinski definition) is 4. The van der Waals surface area contributed by atoms with Gasteiger partial charge in [-0.1, -0.05) is 6.92 Å². The van der Waals surface area contributed by atoms with Crippen LogP contribution in [0.2, 0.25) is 0 Å². The van der Waals surface area contributed by atoms with Crippen molar-refractivity contribution in [3.8, 4) is 0 Å². The van der Waals surface area contributed by atoms with Crippen LogP contribution in [-0.2, 0) is 14.3 Å². The minimum absolute atomic E-state index is 0.0501. The lowest BCUT2D eigenvalue weighted by molar-refractivity contribution is -0.143. The summed E-state index contributed by atoms with van der Waals surface area (Å²) in [5.41, 5.74) is 0. The Hall–Kier alpha value is -1.10. The summed E-state index contributed by atoms with van der Waals surface area (Å²) < 4.78 is 4.68. The van der Waals surface area contributed by atoms with Crippen molar-refractivity contribution in [1.29, 1.82) is 0 Å². The van der Waals surface area contributed by atoms with Gasteiger partial charge in [0.25, 0.3) is 0 Å². The van der Waals surface area contributed by atoms with Crippen LogP contribution in [0, 0.1) is 0 Å². The number of carbonyl (C=O) groups excluding carboxylic acids is 2. The van der Waals surface area contributed by atoms with Crippen LogP contribution in [0.5, 0.6) is 0 Å². The van der Waals surface area contributed by atoms with Gasteiger partial charge in [-0.2, -0.15) is 0 Å². The lowest BCUT2D eigenvalue weighted by atomic mass is 10.2. The summed E-state index contributed by atoms with van der Waals surface area (Å²) in [7, 11) is 0. The van der Waals surface area contributed by atoms with Gasteiger partial charge in [-0.15, -0.1) is 0 Å². The Morgan fingerprint density at radius 3 is 2.53 bits per heavy atom. The van der Waals surface area contributed by atoms with E-state index >= 15 is 0 Å². The van der Waals surface area contributed by atoms with Crippen molar-refractivity contribution >= 4 is 11.9 Å². The molecule has 1 amide bonds. The first kappa shape index (κ1) is 13.9. The van der Waals surface area contributed by atoms with E-state index in [1.54, 1.807) is 6.92 Å². The zero-order valence-corrected chi connectivity index (χ0v) is 9.63. The molecule has 0 saturated heterocycles. The summed E-state index contributed by atoms with van der Waals surface area (Å²) in [4.78, 5) is 22.2. The van der Waals surface area contributed by atoms with Crippen LogP contribution in [0.3, 0.4) is 0 Å². The van der Waals surface area contributed by atoms with Crippen LogP contribution in [-0.4, -0.2) is 37.6 Å². The Balaban J connectivity index is 3.61. The van der Waals surface area contributed by atoms with E-state index < -0.39 is 5.97 Å². The fraction of sp³-hybridized carbons (Fsp3) is 0.800. The lowest BCUT2D eigenvalue weighted by Gasteiger charge is -2.11. The maximum atomic E-state index is 11.3. The van der Waals surface area contributed by atoms with Gasteiger partial charge in [-0.25, -0.2) is 0 Å². The molecule has 0 bridgehead atoms. The van der Waals surface area contributed by atoms with E-state index in [0.717, 1.165) is 6.54 Å². The smallest absolute Gasteiger partial charge is 0.325 e. The zero-order valence-electron chi connectivity index (χ0n) is 9.63. The quantitative estimate of drug-likeness (QED) is 0.590. The number of esters is 1. The van der Waals surface area contributed by atoms with Crippen molar-refractivity contribution in [1.82, 2.24) is 10.6 Å². The van der Waals surface area contributed by atoms with Crippen LogP contribution >= 0.6 is 0 Å². The summed E-state index contributed by atoms with van der Waals surface area (Å²) in [6.45, 7) is 6.74. The standard InChI is InChI=1S/C10H20N2O3/c1-4-11-8(3)6-9(13)12-7-10(14)15-5-2/h8,11H,4-7H2,1-3H3,(H,12,13). The van der Waals surface area contributed by atoms with Crippen LogP contribution in [0.4, 0.5) is 0 Å². The molecule has 0 aromatic rings. The first-order valence-electron chi connectivity index (χ1n) is 5.25. The number of carbonyl (C=O) groups is 2. The maximum Gasteiger partial charge on any atom is 0.325 e. The van der Waals surface area contributed by atoms with Gasteiger partial charge in [0.15, 0.2) is 0 Å². The molecular formula is C10H20N2O3. The third-order valence-electron chi connectivity index (χ3n) is 1.78. The highest BCUT2D eigenvalue weighted by Crippen LogP contribution is 1.89. The van der Waals surface area contributed by atoms with Gasteiger partial charge >= 0.3 is 5.97 Å². The van der Waals surface area contributed by atoms with Crippen molar-refractivity contribution in [2.75, 3.05) is 19.7 Å². The average molecular weight is 216 g/mol. The van der Waals surface area contributed by atoms with Gasteiger partial charge in [-0.3, -0.25) is 9.59 Å². The molecule has 0 fully saturated rings. The topological polar surface area (TPSA) is 67.4 Å². The SMILES string of the molecule is CCNC(C)CC(=O)NCC(=O)OCC. The molecule has 88 valence electrons. The fourth-order valence-electron chi connectivity index (χ4n) is 1.15. The van der Waals surface area contributed by atoms with Crippen LogP contribution in [0.25, 0.3) is 0 Å². The van der Waals surface area contributed by atoms with Gasteiger partial charge in [0.05, 0.1) is 6.61 Å². The van der Waals surface area contributed by atoms with Crippen molar-refractivity contribution < 1.29 is 14.3 Å². The second-order valence-electron chi connectivity index (χ2n) is 3.24. The number of ether oxygens (including phenoxy) is 1.